The van der Waals surface area contributed by atoms with Gasteiger partial charge in [-0.25, -0.2) is 0 Å². The zero-order valence-corrected chi connectivity index (χ0v) is 8.83. The molecule has 2 aromatic carbocycles. The average Bonchev–Trinajstić information content (AvgIpc) is 2.19. The minimum atomic E-state index is 0.0804. The summed E-state index contributed by atoms with van der Waals surface area (Å²) in [4.78, 5) is 0. The molecular weight excluding hydrogens is 188 g/mol. The number of aromatic hydroxyl groups is 1. The third kappa shape index (κ3) is 1.28. The molecule has 3 heteroatoms. The van der Waals surface area contributed by atoms with E-state index in [4.69, 9.17) is 11.5 Å². The van der Waals surface area contributed by atoms with Crippen LogP contribution >= 0.6 is 0 Å². The molecule has 3 nitrogen and oxygen atoms in total. The first kappa shape index (κ1) is 9.65. The van der Waals surface area contributed by atoms with Crippen LogP contribution in [0, 0.1) is 13.8 Å². The predicted octanol–water partition coefficient (Wildman–Crippen LogP) is 2.33. The van der Waals surface area contributed by atoms with Crippen molar-refractivity contribution in [1.29, 1.82) is 0 Å². The van der Waals surface area contributed by atoms with Crippen molar-refractivity contribution in [1.82, 2.24) is 0 Å². The first-order valence-electron chi connectivity index (χ1n) is 4.79. The molecule has 0 heterocycles. The third-order valence-corrected chi connectivity index (χ3v) is 2.76. The van der Waals surface area contributed by atoms with Crippen LogP contribution in [0.2, 0.25) is 0 Å². The molecule has 0 fully saturated rings. The van der Waals surface area contributed by atoms with E-state index < -0.39 is 0 Å². The third-order valence-electron chi connectivity index (χ3n) is 2.76. The van der Waals surface area contributed by atoms with Gasteiger partial charge in [-0.05, 0) is 36.4 Å². The highest BCUT2D eigenvalue weighted by Gasteiger charge is 2.10. The summed E-state index contributed by atoms with van der Waals surface area (Å²) in [5.41, 5.74) is 14.6. The van der Waals surface area contributed by atoms with Crippen LogP contribution in [0.4, 0.5) is 11.4 Å². The minimum absolute atomic E-state index is 0.0804. The molecule has 0 saturated carbocycles. The van der Waals surface area contributed by atoms with Crippen LogP contribution in [0.15, 0.2) is 18.2 Å². The zero-order valence-electron chi connectivity index (χ0n) is 8.83. The van der Waals surface area contributed by atoms with Crippen molar-refractivity contribution in [3.8, 4) is 5.75 Å². The van der Waals surface area contributed by atoms with Crippen LogP contribution in [0.3, 0.4) is 0 Å². The fourth-order valence-electron chi connectivity index (χ4n) is 1.89. The summed E-state index contributed by atoms with van der Waals surface area (Å²) in [6.45, 7) is 3.91. The first-order chi connectivity index (χ1) is 7.02. The lowest BCUT2D eigenvalue weighted by molar-refractivity contribution is 0.484. The number of aryl methyl sites for hydroxylation is 2. The summed E-state index contributed by atoms with van der Waals surface area (Å²) >= 11 is 0. The molecule has 0 aliphatic heterocycles. The van der Waals surface area contributed by atoms with Gasteiger partial charge in [0, 0.05) is 11.1 Å². The summed E-state index contributed by atoms with van der Waals surface area (Å²) in [5.74, 6) is 0.0804. The Morgan fingerprint density at radius 1 is 1.07 bits per heavy atom. The van der Waals surface area contributed by atoms with Crippen LogP contribution < -0.4 is 11.5 Å². The van der Waals surface area contributed by atoms with Crippen molar-refractivity contribution < 1.29 is 5.11 Å². The number of hydrogen-bond acceptors (Lipinski definition) is 3. The van der Waals surface area contributed by atoms with E-state index in [-0.39, 0.29) is 5.75 Å². The molecule has 0 aliphatic carbocycles. The number of anilines is 2. The highest BCUT2D eigenvalue weighted by molar-refractivity contribution is 6.03. The van der Waals surface area contributed by atoms with Crippen LogP contribution in [-0.2, 0) is 0 Å². The van der Waals surface area contributed by atoms with Gasteiger partial charge in [0.25, 0.3) is 0 Å². The zero-order chi connectivity index (χ0) is 11.2. The Hall–Kier alpha value is -1.90. The largest absolute Gasteiger partial charge is 0.505 e. The molecule has 15 heavy (non-hydrogen) atoms. The first-order valence-corrected chi connectivity index (χ1v) is 4.79. The fraction of sp³-hybridized carbons (Fsp3) is 0.167. The molecular formula is C12H14N2O. The van der Waals surface area contributed by atoms with Crippen molar-refractivity contribution in [2.24, 2.45) is 0 Å². The Bertz CT molecular complexity index is 539. The molecule has 2 aromatic rings. The molecule has 5 N–H and O–H groups in total. The summed E-state index contributed by atoms with van der Waals surface area (Å²) in [6, 6.07) is 5.59. The van der Waals surface area contributed by atoms with E-state index in [9.17, 15) is 5.11 Å². The molecule has 0 saturated heterocycles. The quantitative estimate of drug-likeness (QED) is 0.453. The van der Waals surface area contributed by atoms with Gasteiger partial charge in [0.1, 0.15) is 5.75 Å². The van der Waals surface area contributed by atoms with Crippen molar-refractivity contribution in [2.45, 2.75) is 13.8 Å². The second kappa shape index (κ2) is 3.05. The maximum atomic E-state index is 9.88. The molecule has 0 atom stereocenters. The summed E-state index contributed by atoms with van der Waals surface area (Å²) < 4.78 is 0. The second-order valence-corrected chi connectivity index (χ2v) is 3.85. The monoisotopic (exact) mass is 202 g/mol. The highest BCUT2D eigenvalue weighted by atomic mass is 16.3. The number of phenols is 1. The smallest absolute Gasteiger partial charge is 0.148 e. The Balaban J connectivity index is 3.04. The number of benzene rings is 2. The molecule has 2 rings (SSSR count). The Morgan fingerprint density at radius 3 is 2.40 bits per heavy atom. The normalized spacial score (nSPS) is 10.8. The SMILES string of the molecule is Cc1cc(C)c2ccc(N)c(O)c2c1N. The Kier molecular flexibility index (Phi) is 1.96. The van der Waals surface area contributed by atoms with Gasteiger partial charge in [-0.15, -0.1) is 0 Å². The predicted molar refractivity (Wildman–Crippen MR) is 63.9 cm³/mol. The number of hydrogen-bond donors (Lipinski definition) is 3. The maximum Gasteiger partial charge on any atom is 0.148 e. The standard InChI is InChI=1S/C12H14N2O/c1-6-5-7(2)11(14)10-8(6)3-4-9(13)12(10)15/h3-5,15H,13-14H2,1-2H3. The van der Waals surface area contributed by atoms with E-state index in [1.165, 1.54) is 0 Å². The van der Waals surface area contributed by atoms with E-state index in [0.717, 1.165) is 16.5 Å². The van der Waals surface area contributed by atoms with Gasteiger partial charge in [-0.2, -0.15) is 0 Å². The number of rotatable bonds is 0. The molecule has 0 bridgehead atoms. The van der Waals surface area contributed by atoms with E-state index in [1.54, 1.807) is 6.07 Å². The lowest BCUT2D eigenvalue weighted by Gasteiger charge is -2.11. The molecule has 0 amide bonds. The minimum Gasteiger partial charge on any atom is -0.505 e. The van der Waals surface area contributed by atoms with Crippen LogP contribution in [0.25, 0.3) is 10.8 Å². The molecule has 0 aromatic heterocycles. The fourth-order valence-corrected chi connectivity index (χ4v) is 1.89. The van der Waals surface area contributed by atoms with Gasteiger partial charge < -0.3 is 16.6 Å². The summed E-state index contributed by atoms with van der Waals surface area (Å²) in [5, 5.41) is 11.5. The van der Waals surface area contributed by atoms with Gasteiger partial charge in [0.2, 0.25) is 0 Å². The molecule has 0 unspecified atom stereocenters. The van der Waals surface area contributed by atoms with Gasteiger partial charge in [0.15, 0.2) is 0 Å². The van der Waals surface area contributed by atoms with Crippen molar-refractivity contribution in [3.63, 3.8) is 0 Å². The number of nitrogens with two attached hydrogens (primary N) is 2. The Labute approximate surface area is 88.3 Å². The molecule has 0 aliphatic rings. The van der Waals surface area contributed by atoms with Crippen LogP contribution in [0.1, 0.15) is 11.1 Å². The molecule has 0 radical (unpaired) electrons. The van der Waals surface area contributed by atoms with Gasteiger partial charge in [0.05, 0.1) is 5.69 Å². The highest BCUT2D eigenvalue weighted by Crippen LogP contribution is 2.37. The van der Waals surface area contributed by atoms with E-state index >= 15 is 0 Å². The lowest BCUT2D eigenvalue weighted by Crippen LogP contribution is -1.95. The van der Waals surface area contributed by atoms with E-state index in [0.29, 0.717) is 16.8 Å². The van der Waals surface area contributed by atoms with Crippen LogP contribution in [0.5, 0.6) is 5.75 Å². The maximum absolute atomic E-state index is 9.88. The van der Waals surface area contributed by atoms with E-state index in [2.05, 4.69) is 0 Å². The number of phenolic OH excluding ortho intramolecular Hbond substituents is 1. The van der Waals surface area contributed by atoms with Gasteiger partial charge >= 0.3 is 0 Å². The number of nitrogen functional groups attached to an aromatic ring is 2. The van der Waals surface area contributed by atoms with Crippen LogP contribution in [-0.4, -0.2) is 5.11 Å². The topological polar surface area (TPSA) is 72.3 Å². The summed E-state index contributed by atoms with van der Waals surface area (Å²) in [6.07, 6.45) is 0. The average molecular weight is 202 g/mol. The van der Waals surface area contributed by atoms with E-state index in [1.807, 2.05) is 26.0 Å². The molecule has 0 spiro atoms. The summed E-state index contributed by atoms with van der Waals surface area (Å²) in [7, 11) is 0. The van der Waals surface area contributed by atoms with Gasteiger partial charge in [-0.3, -0.25) is 0 Å². The van der Waals surface area contributed by atoms with Crippen molar-refractivity contribution >= 4 is 22.1 Å². The van der Waals surface area contributed by atoms with Gasteiger partial charge in [-0.1, -0.05) is 12.1 Å². The Morgan fingerprint density at radius 2 is 1.73 bits per heavy atom. The lowest BCUT2D eigenvalue weighted by atomic mass is 9.99. The van der Waals surface area contributed by atoms with Crippen molar-refractivity contribution in [3.05, 3.63) is 29.3 Å². The van der Waals surface area contributed by atoms with Crippen molar-refractivity contribution in [2.75, 3.05) is 11.5 Å². The molecule has 78 valence electrons. The number of fused-ring (bicyclic) bond motifs is 1. The second-order valence-electron chi connectivity index (χ2n) is 3.85.